The van der Waals surface area contributed by atoms with Gasteiger partial charge in [0.2, 0.25) is 5.91 Å². The van der Waals surface area contributed by atoms with Crippen molar-refractivity contribution >= 4 is 44.7 Å². The topological polar surface area (TPSA) is 57.7 Å². The number of benzene rings is 1. The molecule has 0 spiro atoms. The number of nitrogens with zero attached hydrogens (tertiary/aromatic N) is 2. The standard InChI is InChI=1S/C14H13BrN2O3S/c15-11-4-2-1-3-10(11)13(19)16-6-5-9(7-16)17-12(18)8-21-14(17)20/h1-4,9H,5-8H2. The molecule has 0 saturated carbocycles. The van der Waals surface area contributed by atoms with Crippen LogP contribution in [0.3, 0.4) is 0 Å². The Bertz CT molecular complexity index is 606. The minimum atomic E-state index is -0.194. The summed E-state index contributed by atoms with van der Waals surface area (Å²) in [4.78, 5) is 39.0. The van der Waals surface area contributed by atoms with Crippen molar-refractivity contribution in [2.75, 3.05) is 18.8 Å². The Hall–Kier alpha value is -1.34. The van der Waals surface area contributed by atoms with Crippen LogP contribution in [0.2, 0.25) is 0 Å². The molecular weight excluding hydrogens is 356 g/mol. The van der Waals surface area contributed by atoms with E-state index in [0.717, 1.165) is 16.2 Å². The Morgan fingerprint density at radius 2 is 2.05 bits per heavy atom. The molecule has 1 unspecified atom stereocenters. The summed E-state index contributed by atoms with van der Waals surface area (Å²) in [6.45, 7) is 0.977. The summed E-state index contributed by atoms with van der Waals surface area (Å²) in [7, 11) is 0. The van der Waals surface area contributed by atoms with E-state index in [1.807, 2.05) is 18.2 Å². The van der Waals surface area contributed by atoms with Crippen molar-refractivity contribution in [1.82, 2.24) is 9.80 Å². The number of carbonyl (C=O) groups is 3. The quantitative estimate of drug-likeness (QED) is 0.803. The second kappa shape index (κ2) is 5.81. The predicted molar refractivity (Wildman–Crippen MR) is 83.2 cm³/mol. The lowest BCUT2D eigenvalue weighted by molar-refractivity contribution is -0.126. The number of likely N-dealkylation sites (tertiary alicyclic amines) is 1. The largest absolute Gasteiger partial charge is 0.336 e. The van der Waals surface area contributed by atoms with Gasteiger partial charge < -0.3 is 4.90 Å². The summed E-state index contributed by atoms with van der Waals surface area (Å²) in [5.74, 6) is -0.00466. The van der Waals surface area contributed by atoms with Crippen LogP contribution in [0.1, 0.15) is 16.8 Å². The second-order valence-electron chi connectivity index (χ2n) is 4.99. The van der Waals surface area contributed by atoms with Crippen LogP contribution in [0.4, 0.5) is 4.79 Å². The lowest BCUT2D eigenvalue weighted by Crippen LogP contribution is -2.41. The first kappa shape index (κ1) is 14.6. The smallest absolute Gasteiger partial charge is 0.289 e. The predicted octanol–water partition coefficient (Wildman–Crippen LogP) is 2.36. The molecule has 1 atom stereocenters. The lowest BCUT2D eigenvalue weighted by Gasteiger charge is -2.22. The van der Waals surface area contributed by atoms with Crippen molar-refractivity contribution in [2.24, 2.45) is 0 Å². The van der Waals surface area contributed by atoms with E-state index >= 15 is 0 Å². The highest BCUT2D eigenvalue weighted by molar-refractivity contribution is 9.10. The average Bonchev–Trinajstić information content (AvgIpc) is 3.06. The minimum absolute atomic E-state index is 0.0725. The molecule has 1 aromatic carbocycles. The number of hydrogen-bond acceptors (Lipinski definition) is 4. The first-order valence-electron chi connectivity index (χ1n) is 6.60. The summed E-state index contributed by atoms with van der Waals surface area (Å²) < 4.78 is 0.752. The molecule has 2 fully saturated rings. The monoisotopic (exact) mass is 368 g/mol. The number of imide groups is 1. The van der Waals surface area contributed by atoms with Crippen molar-refractivity contribution in [3.8, 4) is 0 Å². The molecule has 21 heavy (non-hydrogen) atoms. The molecule has 3 rings (SSSR count). The van der Waals surface area contributed by atoms with Gasteiger partial charge in [0, 0.05) is 17.6 Å². The van der Waals surface area contributed by atoms with Crippen molar-refractivity contribution in [3.05, 3.63) is 34.3 Å². The van der Waals surface area contributed by atoms with Gasteiger partial charge in [0.05, 0.1) is 17.4 Å². The van der Waals surface area contributed by atoms with Crippen molar-refractivity contribution in [2.45, 2.75) is 12.5 Å². The number of thioether (sulfide) groups is 1. The third-order valence-electron chi connectivity index (χ3n) is 3.70. The number of amides is 3. The fraction of sp³-hybridized carbons (Fsp3) is 0.357. The fourth-order valence-corrected chi connectivity index (χ4v) is 3.89. The van der Waals surface area contributed by atoms with E-state index in [1.54, 1.807) is 11.0 Å². The molecule has 0 radical (unpaired) electrons. The zero-order valence-electron chi connectivity index (χ0n) is 11.1. The van der Waals surface area contributed by atoms with Crippen LogP contribution < -0.4 is 0 Å². The normalized spacial score (nSPS) is 22.2. The SMILES string of the molecule is O=C(c1ccccc1Br)N1CCC(N2C(=O)CSC2=O)C1. The van der Waals surface area contributed by atoms with Gasteiger partial charge in [-0.1, -0.05) is 23.9 Å². The number of carbonyl (C=O) groups excluding carboxylic acids is 3. The fourth-order valence-electron chi connectivity index (χ4n) is 2.66. The molecule has 2 aliphatic heterocycles. The number of rotatable bonds is 2. The van der Waals surface area contributed by atoms with Crippen LogP contribution in [0.25, 0.3) is 0 Å². The lowest BCUT2D eigenvalue weighted by atomic mass is 10.2. The molecule has 2 saturated heterocycles. The summed E-state index contributed by atoms with van der Waals surface area (Å²) in [5.41, 5.74) is 0.603. The number of halogens is 1. The minimum Gasteiger partial charge on any atom is -0.336 e. The molecule has 0 bridgehead atoms. The van der Waals surface area contributed by atoms with Gasteiger partial charge >= 0.3 is 0 Å². The molecule has 5 nitrogen and oxygen atoms in total. The van der Waals surface area contributed by atoms with Gasteiger partial charge in [0.1, 0.15) is 0 Å². The van der Waals surface area contributed by atoms with Gasteiger partial charge in [0.15, 0.2) is 0 Å². The van der Waals surface area contributed by atoms with E-state index in [0.29, 0.717) is 25.1 Å². The third-order valence-corrected chi connectivity index (χ3v) is 5.23. The van der Waals surface area contributed by atoms with E-state index in [1.165, 1.54) is 4.90 Å². The van der Waals surface area contributed by atoms with Crippen molar-refractivity contribution in [1.29, 1.82) is 0 Å². The van der Waals surface area contributed by atoms with Gasteiger partial charge in [-0.3, -0.25) is 19.3 Å². The van der Waals surface area contributed by atoms with E-state index in [4.69, 9.17) is 0 Å². The molecule has 0 aromatic heterocycles. The molecule has 0 N–H and O–H groups in total. The Labute approximate surface area is 134 Å². The molecule has 3 amide bonds. The summed E-state index contributed by atoms with van der Waals surface area (Å²) in [6, 6.07) is 7.07. The van der Waals surface area contributed by atoms with Crippen LogP contribution in [-0.4, -0.2) is 51.7 Å². The molecule has 0 aliphatic carbocycles. The van der Waals surface area contributed by atoms with E-state index in [9.17, 15) is 14.4 Å². The average molecular weight is 369 g/mol. The zero-order valence-corrected chi connectivity index (χ0v) is 13.5. The van der Waals surface area contributed by atoms with E-state index in [2.05, 4.69) is 15.9 Å². The van der Waals surface area contributed by atoms with E-state index in [-0.39, 0.29) is 28.8 Å². The molecule has 2 heterocycles. The zero-order chi connectivity index (χ0) is 15.0. The van der Waals surface area contributed by atoms with Gasteiger partial charge in [-0.15, -0.1) is 0 Å². The van der Waals surface area contributed by atoms with Crippen molar-refractivity contribution in [3.63, 3.8) is 0 Å². The van der Waals surface area contributed by atoms with Gasteiger partial charge in [-0.2, -0.15) is 0 Å². The summed E-state index contributed by atoms with van der Waals surface area (Å²) in [5, 5.41) is -0.194. The number of hydrogen-bond donors (Lipinski definition) is 0. The molecule has 110 valence electrons. The highest BCUT2D eigenvalue weighted by Crippen LogP contribution is 2.27. The summed E-state index contributed by atoms with van der Waals surface area (Å²) >= 11 is 4.41. The van der Waals surface area contributed by atoms with Crippen molar-refractivity contribution < 1.29 is 14.4 Å². The third kappa shape index (κ3) is 2.72. The van der Waals surface area contributed by atoms with Gasteiger partial charge in [-0.25, -0.2) is 0 Å². The first-order valence-corrected chi connectivity index (χ1v) is 8.38. The maximum Gasteiger partial charge on any atom is 0.289 e. The van der Waals surface area contributed by atoms with E-state index < -0.39 is 0 Å². The van der Waals surface area contributed by atoms with Crippen LogP contribution in [0.15, 0.2) is 28.7 Å². The maximum absolute atomic E-state index is 12.5. The Balaban J connectivity index is 1.73. The Morgan fingerprint density at radius 3 is 2.71 bits per heavy atom. The Kier molecular flexibility index (Phi) is 4.03. The van der Waals surface area contributed by atoms with Crippen LogP contribution in [0.5, 0.6) is 0 Å². The van der Waals surface area contributed by atoms with Crippen LogP contribution in [-0.2, 0) is 4.79 Å². The highest BCUT2D eigenvalue weighted by atomic mass is 79.9. The molecule has 1 aromatic rings. The summed E-state index contributed by atoms with van der Waals surface area (Å²) in [6.07, 6.45) is 0.647. The maximum atomic E-state index is 12.5. The first-order chi connectivity index (χ1) is 10.1. The van der Waals surface area contributed by atoms with Crippen LogP contribution in [0, 0.1) is 0 Å². The molecule has 2 aliphatic rings. The molecular formula is C14H13BrN2O3S. The van der Waals surface area contributed by atoms with Gasteiger partial charge in [0.25, 0.3) is 11.1 Å². The Morgan fingerprint density at radius 1 is 1.29 bits per heavy atom. The molecule has 7 heteroatoms. The second-order valence-corrected chi connectivity index (χ2v) is 6.77. The van der Waals surface area contributed by atoms with Gasteiger partial charge in [-0.05, 0) is 34.5 Å². The van der Waals surface area contributed by atoms with Crippen LogP contribution >= 0.6 is 27.7 Å². The highest BCUT2D eigenvalue weighted by Gasteiger charge is 2.40.